The lowest BCUT2D eigenvalue weighted by molar-refractivity contribution is -0.133. The number of nitrogens with zero attached hydrogens (tertiary/aromatic N) is 1. The Morgan fingerprint density at radius 1 is 1.39 bits per heavy atom. The Bertz CT molecular complexity index is 391. The fraction of sp³-hybridized carbons (Fsp3) is 0.500. The van der Waals surface area contributed by atoms with E-state index in [0.717, 1.165) is 25.2 Å². The van der Waals surface area contributed by atoms with E-state index >= 15 is 0 Å². The minimum Gasteiger partial charge on any atom is -0.337 e. The molecule has 4 heteroatoms. The number of amides is 1. The number of nitrogens with one attached hydrogen (secondary N) is 1. The van der Waals surface area contributed by atoms with Gasteiger partial charge in [-0.2, -0.15) is 0 Å². The van der Waals surface area contributed by atoms with E-state index in [9.17, 15) is 4.79 Å². The van der Waals surface area contributed by atoms with Crippen molar-refractivity contribution in [1.82, 2.24) is 10.2 Å². The second kappa shape index (κ2) is 6.76. The Labute approximate surface area is 115 Å². The van der Waals surface area contributed by atoms with E-state index in [-0.39, 0.29) is 18.3 Å². The highest BCUT2D eigenvalue weighted by atomic mass is 35.5. The van der Waals surface area contributed by atoms with Crippen LogP contribution in [0.3, 0.4) is 0 Å². The van der Waals surface area contributed by atoms with Crippen molar-refractivity contribution >= 4 is 18.3 Å². The van der Waals surface area contributed by atoms with Gasteiger partial charge in [0.25, 0.3) is 0 Å². The van der Waals surface area contributed by atoms with Crippen LogP contribution in [0.5, 0.6) is 0 Å². The maximum atomic E-state index is 12.2. The van der Waals surface area contributed by atoms with Crippen LogP contribution in [0.25, 0.3) is 0 Å². The summed E-state index contributed by atoms with van der Waals surface area (Å²) in [6.07, 6.45) is 0.518. The molecule has 1 heterocycles. The molecule has 100 valence electrons. The van der Waals surface area contributed by atoms with Gasteiger partial charge >= 0.3 is 0 Å². The van der Waals surface area contributed by atoms with Gasteiger partial charge in [0, 0.05) is 25.7 Å². The first-order valence-corrected chi connectivity index (χ1v) is 6.22. The predicted octanol–water partition coefficient (Wildman–Crippen LogP) is 1.78. The molecule has 1 N–H and O–H groups in total. The molecule has 1 amide bonds. The maximum absolute atomic E-state index is 12.2. The molecule has 1 aliphatic rings. The summed E-state index contributed by atoms with van der Waals surface area (Å²) in [5, 5.41) is 3.30. The Balaban J connectivity index is 0.00000162. The number of piperazine rings is 1. The minimum absolute atomic E-state index is 0. The molecule has 2 rings (SSSR count). The molecule has 0 bridgehead atoms. The summed E-state index contributed by atoms with van der Waals surface area (Å²) in [5.41, 5.74) is 2.34. The summed E-state index contributed by atoms with van der Waals surface area (Å²) in [6, 6.07) is 8.51. The standard InChI is InChI=1S/C14H20N2O.ClH/c1-11-3-5-13(6-4-11)9-14(17)16-8-7-15-10-12(16)2;/h3-6,12,15H,7-10H2,1-2H3;1H. The van der Waals surface area contributed by atoms with E-state index in [0.29, 0.717) is 12.5 Å². The van der Waals surface area contributed by atoms with E-state index < -0.39 is 0 Å². The number of carbonyl (C=O) groups excluding carboxylic acids is 1. The van der Waals surface area contributed by atoms with Crippen molar-refractivity contribution in [2.45, 2.75) is 26.3 Å². The van der Waals surface area contributed by atoms with E-state index in [1.807, 2.05) is 17.0 Å². The van der Waals surface area contributed by atoms with Gasteiger partial charge in [-0.3, -0.25) is 4.79 Å². The monoisotopic (exact) mass is 268 g/mol. The van der Waals surface area contributed by atoms with Crippen molar-refractivity contribution in [3.8, 4) is 0 Å². The first-order valence-electron chi connectivity index (χ1n) is 6.22. The van der Waals surface area contributed by atoms with E-state index in [4.69, 9.17) is 0 Å². The van der Waals surface area contributed by atoms with Crippen molar-refractivity contribution in [2.75, 3.05) is 19.6 Å². The van der Waals surface area contributed by atoms with Gasteiger partial charge in [-0.1, -0.05) is 29.8 Å². The van der Waals surface area contributed by atoms with Crippen LogP contribution in [0, 0.1) is 6.92 Å². The highest BCUT2D eigenvalue weighted by Crippen LogP contribution is 2.09. The van der Waals surface area contributed by atoms with Gasteiger partial charge in [-0.25, -0.2) is 0 Å². The van der Waals surface area contributed by atoms with Crippen molar-refractivity contribution in [3.05, 3.63) is 35.4 Å². The number of aryl methyl sites for hydroxylation is 1. The lowest BCUT2D eigenvalue weighted by Crippen LogP contribution is -2.52. The maximum Gasteiger partial charge on any atom is 0.227 e. The second-order valence-electron chi connectivity index (χ2n) is 4.80. The molecule has 18 heavy (non-hydrogen) atoms. The number of hydrogen-bond acceptors (Lipinski definition) is 2. The molecule has 0 aliphatic carbocycles. The Morgan fingerprint density at radius 3 is 2.67 bits per heavy atom. The van der Waals surface area contributed by atoms with E-state index in [1.54, 1.807) is 0 Å². The second-order valence-corrected chi connectivity index (χ2v) is 4.80. The predicted molar refractivity (Wildman–Crippen MR) is 76.2 cm³/mol. The Morgan fingerprint density at radius 2 is 2.06 bits per heavy atom. The molecule has 1 aromatic carbocycles. The molecule has 1 fully saturated rings. The Kier molecular flexibility index (Phi) is 5.63. The fourth-order valence-corrected chi connectivity index (χ4v) is 2.19. The van der Waals surface area contributed by atoms with Crippen LogP contribution < -0.4 is 5.32 Å². The van der Waals surface area contributed by atoms with Crippen LogP contribution in [0.2, 0.25) is 0 Å². The van der Waals surface area contributed by atoms with Gasteiger partial charge in [0.2, 0.25) is 5.91 Å². The van der Waals surface area contributed by atoms with Crippen LogP contribution in [0.4, 0.5) is 0 Å². The largest absolute Gasteiger partial charge is 0.337 e. The fourth-order valence-electron chi connectivity index (χ4n) is 2.19. The van der Waals surface area contributed by atoms with Gasteiger partial charge in [-0.05, 0) is 19.4 Å². The molecule has 0 saturated carbocycles. The van der Waals surface area contributed by atoms with Crippen LogP contribution in [0.1, 0.15) is 18.1 Å². The average molecular weight is 269 g/mol. The van der Waals surface area contributed by atoms with Crippen molar-refractivity contribution < 1.29 is 4.79 Å². The molecule has 0 aromatic heterocycles. The molecule has 1 saturated heterocycles. The summed E-state index contributed by atoms with van der Waals surface area (Å²) in [7, 11) is 0. The summed E-state index contributed by atoms with van der Waals surface area (Å²) >= 11 is 0. The van der Waals surface area contributed by atoms with Crippen LogP contribution in [0.15, 0.2) is 24.3 Å². The van der Waals surface area contributed by atoms with Gasteiger partial charge < -0.3 is 10.2 Å². The van der Waals surface area contributed by atoms with Gasteiger partial charge in [-0.15, -0.1) is 12.4 Å². The molecular formula is C14H21ClN2O. The van der Waals surface area contributed by atoms with Crippen molar-refractivity contribution in [2.24, 2.45) is 0 Å². The summed E-state index contributed by atoms with van der Waals surface area (Å²) < 4.78 is 0. The third-order valence-corrected chi connectivity index (χ3v) is 3.30. The first kappa shape index (κ1) is 15.0. The van der Waals surface area contributed by atoms with Gasteiger partial charge in [0.05, 0.1) is 6.42 Å². The van der Waals surface area contributed by atoms with Crippen molar-refractivity contribution in [1.29, 1.82) is 0 Å². The highest BCUT2D eigenvalue weighted by Gasteiger charge is 2.22. The molecule has 0 radical (unpaired) electrons. The normalized spacial score (nSPS) is 19.2. The third kappa shape index (κ3) is 3.72. The topological polar surface area (TPSA) is 32.3 Å². The molecule has 0 spiro atoms. The lowest BCUT2D eigenvalue weighted by Gasteiger charge is -2.34. The summed E-state index contributed by atoms with van der Waals surface area (Å²) in [4.78, 5) is 14.1. The summed E-state index contributed by atoms with van der Waals surface area (Å²) in [5.74, 6) is 0.239. The Hall–Kier alpha value is -1.06. The van der Waals surface area contributed by atoms with Crippen molar-refractivity contribution in [3.63, 3.8) is 0 Å². The van der Waals surface area contributed by atoms with E-state index in [1.165, 1.54) is 5.56 Å². The minimum atomic E-state index is 0. The molecule has 1 aromatic rings. The highest BCUT2D eigenvalue weighted by molar-refractivity contribution is 5.85. The van der Waals surface area contributed by atoms with Gasteiger partial charge in [0.1, 0.15) is 0 Å². The van der Waals surface area contributed by atoms with Crippen LogP contribution >= 0.6 is 12.4 Å². The smallest absolute Gasteiger partial charge is 0.227 e. The third-order valence-electron chi connectivity index (χ3n) is 3.30. The number of rotatable bonds is 2. The summed E-state index contributed by atoms with van der Waals surface area (Å²) in [6.45, 7) is 6.79. The van der Waals surface area contributed by atoms with Gasteiger partial charge in [0.15, 0.2) is 0 Å². The quantitative estimate of drug-likeness (QED) is 0.887. The zero-order valence-electron chi connectivity index (χ0n) is 11.0. The number of halogens is 1. The zero-order chi connectivity index (χ0) is 12.3. The van der Waals surface area contributed by atoms with E-state index in [2.05, 4.69) is 31.3 Å². The lowest BCUT2D eigenvalue weighted by atomic mass is 10.1. The number of hydrogen-bond donors (Lipinski definition) is 1. The molecule has 1 unspecified atom stereocenters. The molecule has 3 nitrogen and oxygen atoms in total. The molecular weight excluding hydrogens is 248 g/mol. The number of carbonyl (C=O) groups is 1. The molecule has 1 atom stereocenters. The SMILES string of the molecule is Cc1ccc(CC(=O)N2CCNCC2C)cc1.Cl. The molecule has 1 aliphatic heterocycles. The first-order chi connectivity index (χ1) is 8.16. The van der Waals surface area contributed by atoms with Crippen LogP contribution in [-0.4, -0.2) is 36.5 Å². The zero-order valence-corrected chi connectivity index (χ0v) is 11.8. The van der Waals surface area contributed by atoms with Crippen LogP contribution in [-0.2, 0) is 11.2 Å². The number of benzene rings is 1. The average Bonchev–Trinajstić information content (AvgIpc) is 2.32.